The van der Waals surface area contributed by atoms with Crippen LogP contribution in [0.1, 0.15) is 49.9 Å². The molecule has 0 unspecified atom stereocenters. The summed E-state index contributed by atoms with van der Waals surface area (Å²) in [6.07, 6.45) is 2.32. The highest BCUT2D eigenvalue weighted by Crippen LogP contribution is 2.20. The Hall–Kier alpha value is -2.29. The molecule has 0 saturated carbocycles. The molecule has 0 radical (unpaired) electrons. The summed E-state index contributed by atoms with van der Waals surface area (Å²) in [5, 5.41) is 3.02. The monoisotopic (exact) mass is 339 g/mol. The Morgan fingerprint density at radius 3 is 2.36 bits per heavy atom. The van der Waals surface area contributed by atoms with Crippen LogP contribution >= 0.6 is 0 Å². The molecule has 0 fully saturated rings. The molecule has 25 heavy (non-hydrogen) atoms. The molecule has 2 aromatic rings. The highest BCUT2D eigenvalue weighted by Gasteiger charge is 2.16. The Labute approximate surface area is 151 Å². The summed E-state index contributed by atoms with van der Waals surface area (Å²) >= 11 is 0. The number of nitrogens with one attached hydrogen (secondary N) is 1. The number of rotatable bonds is 8. The summed E-state index contributed by atoms with van der Waals surface area (Å²) in [6, 6.07) is 14.4. The van der Waals surface area contributed by atoms with Gasteiger partial charge < -0.3 is 10.1 Å². The summed E-state index contributed by atoms with van der Waals surface area (Å²) in [6.45, 7) is 8.70. The second kappa shape index (κ2) is 9.26. The van der Waals surface area contributed by atoms with Crippen LogP contribution in [0.3, 0.4) is 0 Å². The van der Waals surface area contributed by atoms with Crippen molar-refractivity contribution in [3.63, 3.8) is 0 Å². The number of para-hydroxylation sites is 1. The quantitative estimate of drug-likeness (QED) is 0.771. The Morgan fingerprint density at radius 2 is 1.68 bits per heavy atom. The van der Waals surface area contributed by atoms with E-state index in [2.05, 4.69) is 44.3 Å². The van der Waals surface area contributed by atoms with Gasteiger partial charge in [0.2, 0.25) is 0 Å². The second-order valence-corrected chi connectivity index (χ2v) is 6.25. The van der Waals surface area contributed by atoms with E-state index in [0.29, 0.717) is 6.54 Å². The van der Waals surface area contributed by atoms with E-state index in [9.17, 15) is 4.79 Å². The van der Waals surface area contributed by atoms with Crippen LogP contribution in [0.2, 0.25) is 0 Å². The van der Waals surface area contributed by atoms with Gasteiger partial charge in [0.1, 0.15) is 5.75 Å². The molecule has 0 aliphatic rings. The van der Waals surface area contributed by atoms with Gasteiger partial charge in [-0.2, -0.15) is 0 Å². The minimum Gasteiger partial charge on any atom is -0.481 e. The molecule has 1 N–H and O–H groups in total. The van der Waals surface area contributed by atoms with Crippen LogP contribution in [0, 0.1) is 0 Å². The first kappa shape index (κ1) is 19.0. The summed E-state index contributed by atoms with van der Waals surface area (Å²) in [4.78, 5) is 12.4. The lowest BCUT2D eigenvalue weighted by Gasteiger charge is -2.18. The largest absolute Gasteiger partial charge is 0.481 e. The van der Waals surface area contributed by atoms with Crippen LogP contribution in [-0.4, -0.2) is 12.0 Å². The Morgan fingerprint density at radius 1 is 0.960 bits per heavy atom. The third kappa shape index (κ3) is 5.09. The van der Waals surface area contributed by atoms with Crippen LogP contribution in [0.5, 0.6) is 5.75 Å². The maximum Gasteiger partial charge on any atom is 0.261 e. The van der Waals surface area contributed by atoms with E-state index in [4.69, 9.17) is 4.74 Å². The van der Waals surface area contributed by atoms with Crippen molar-refractivity contribution in [2.24, 2.45) is 0 Å². The molecule has 0 bridgehead atoms. The van der Waals surface area contributed by atoms with Crippen LogP contribution in [0.25, 0.3) is 0 Å². The topological polar surface area (TPSA) is 38.3 Å². The minimum absolute atomic E-state index is 0.0881. The van der Waals surface area contributed by atoms with E-state index >= 15 is 0 Å². The van der Waals surface area contributed by atoms with Crippen LogP contribution in [0.4, 0.5) is 0 Å². The van der Waals surface area contributed by atoms with Crippen LogP contribution in [-0.2, 0) is 30.6 Å². The molecule has 134 valence electrons. The Bertz CT molecular complexity index is 709. The molecular formula is C22H29NO2. The van der Waals surface area contributed by atoms with Crippen molar-refractivity contribution in [1.82, 2.24) is 5.32 Å². The van der Waals surface area contributed by atoms with E-state index in [-0.39, 0.29) is 5.91 Å². The smallest absolute Gasteiger partial charge is 0.261 e. The lowest BCUT2D eigenvalue weighted by atomic mass is 10.0. The first-order chi connectivity index (χ1) is 12.1. The van der Waals surface area contributed by atoms with Gasteiger partial charge in [0.25, 0.3) is 5.91 Å². The number of carbonyl (C=O) groups excluding carboxylic acids is 1. The molecule has 0 aliphatic heterocycles. The maximum absolute atomic E-state index is 12.4. The predicted octanol–water partition coefficient (Wildman–Crippen LogP) is 4.46. The molecule has 1 amide bonds. The van der Waals surface area contributed by atoms with Gasteiger partial charge in [0.15, 0.2) is 6.10 Å². The zero-order chi connectivity index (χ0) is 18.2. The summed E-state index contributed by atoms with van der Waals surface area (Å²) in [5.74, 6) is 0.699. The van der Waals surface area contributed by atoms with Gasteiger partial charge in [-0.05, 0) is 54.5 Å². The van der Waals surface area contributed by atoms with E-state index in [0.717, 1.165) is 30.6 Å². The SMILES string of the molecule is CCc1ccc(CC)c(CNC(=O)[C@@H](C)Oc2ccccc2CC)c1. The molecular weight excluding hydrogens is 310 g/mol. The molecule has 0 heterocycles. The Kier molecular flexibility index (Phi) is 7.05. The zero-order valence-electron chi connectivity index (χ0n) is 15.8. The fourth-order valence-corrected chi connectivity index (χ4v) is 2.89. The fourth-order valence-electron chi connectivity index (χ4n) is 2.89. The minimum atomic E-state index is -0.521. The molecule has 1 atom stereocenters. The number of benzene rings is 2. The highest BCUT2D eigenvalue weighted by molar-refractivity contribution is 5.80. The average molecular weight is 339 g/mol. The van der Waals surface area contributed by atoms with Crippen molar-refractivity contribution in [2.45, 2.75) is 59.6 Å². The number of hydrogen-bond donors (Lipinski definition) is 1. The number of carbonyl (C=O) groups is 1. The van der Waals surface area contributed by atoms with Crippen molar-refractivity contribution in [2.75, 3.05) is 0 Å². The second-order valence-electron chi connectivity index (χ2n) is 6.25. The van der Waals surface area contributed by atoms with Crippen LogP contribution < -0.4 is 10.1 Å². The number of hydrogen-bond acceptors (Lipinski definition) is 2. The van der Waals surface area contributed by atoms with Gasteiger partial charge in [-0.3, -0.25) is 4.79 Å². The molecule has 3 nitrogen and oxygen atoms in total. The average Bonchev–Trinajstić information content (AvgIpc) is 2.66. The van der Waals surface area contributed by atoms with Gasteiger partial charge in [-0.15, -0.1) is 0 Å². The third-order valence-electron chi connectivity index (χ3n) is 4.54. The van der Waals surface area contributed by atoms with Gasteiger partial charge in [-0.25, -0.2) is 0 Å². The number of ether oxygens (including phenoxy) is 1. The van der Waals surface area contributed by atoms with E-state index in [1.807, 2.05) is 24.3 Å². The van der Waals surface area contributed by atoms with E-state index in [1.165, 1.54) is 16.7 Å². The fraction of sp³-hybridized carbons (Fsp3) is 0.409. The van der Waals surface area contributed by atoms with E-state index < -0.39 is 6.10 Å². The van der Waals surface area contributed by atoms with Crippen molar-refractivity contribution >= 4 is 5.91 Å². The summed E-state index contributed by atoms with van der Waals surface area (Å²) < 4.78 is 5.88. The molecule has 0 aliphatic carbocycles. The first-order valence-electron chi connectivity index (χ1n) is 9.21. The zero-order valence-corrected chi connectivity index (χ0v) is 15.8. The number of amides is 1. The number of aryl methyl sites for hydroxylation is 3. The van der Waals surface area contributed by atoms with Gasteiger partial charge in [0, 0.05) is 6.54 Å². The predicted molar refractivity (Wildman–Crippen MR) is 103 cm³/mol. The molecule has 0 spiro atoms. The van der Waals surface area contributed by atoms with Crippen molar-refractivity contribution in [1.29, 1.82) is 0 Å². The van der Waals surface area contributed by atoms with E-state index in [1.54, 1.807) is 6.92 Å². The van der Waals surface area contributed by atoms with Crippen LogP contribution in [0.15, 0.2) is 42.5 Å². The molecule has 0 aromatic heterocycles. The van der Waals surface area contributed by atoms with Crippen molar-refractivity contribution in [3.8, 4) is 5.75 Å². The standard InChI is InChI=1S/C22H29NO2/c1-5-17-12-13-18(6-2)20(14-17)15-23-22(24)16(4)25-21-11-9-8-10-19(21)7-3/h8-14,16H,5-7,15H2,1-4H3,(H,23,24)/t16-/m1/s1. The normalized spacial score (nSPS) is 11.8. The first-order valence-corrected chi connectivity index (χ1v) is 9.21. The maximum atomic E-state index is 12.4. The van der Waals surface area contributed by atoms with Gasteiger partial charge >= 0.3 is 0 Å². The summed E-state index contributed by atoms with van der Waals surface area (Å²) in [7, 11) is 0. The molecule has 2 aromatic carbocycles. The molecule has 0 saturated heterocycles. The highest BCUT2D eigenvalue weighted by atomic mass is 16.5. The Balaban J connectivity index is 2.00. The molecule has 3 heteroatoms. The van der Waals surface area contributed by atoms with Crippen molar-refractivity contribution < 1.29 is 9.53 Å². The molecule has 2 rings (SSSR count). The van der Waals surface area contributed by atoms with Gasteiger partial charge in [-0.1, -0.05) is 57.2 Å². The lowest BCUT2D eigenvalue weighted by molar-refractivity contribution is -0.127. The van der Waals surface area contributed by atoms with Gasteiger partial charge in [0.05, 0.1) is 0 Å². The van der Waals surface area contributed by atoms with Crippen molar-refractivity contribution in [3.05, 3.63) is 64.7 Å². The third-order valence-corrected chi connectivity index (χ3v) is 4.54. The lowest BCUT2D eigenvalue weighted by Crippen LogP contribution is -2.36. The summed E-state index contributed by atoms with van der Waals surface area (Å²) in [5.41, 5.74) is 4.88.